The lowest BCUT2D eigenvalue weighted by Crippen LogP contribution is -1.96. The van der Waals surface area contributed by atoms with Crippen molar-refractivity contribution in [3.63, 3.8) is 0 Å². The molecule has 0 fully saturated rings. The largest absolute Gasteiger partial charge is 0.309 e. The first-order valence-electron chi connectivity index (χ1n) is 19.4. The molecule has 58 heavy (non-hydrogen) atoms. The molecule has 1 aliphatic rings. The number of benzene rings is 8. The minimum absolute atomic E-state index is 0.356. The van der Waals surface area contributed by atoms with Gasteiger partial charge in [0.15, 0.2) is 0 Å². The van der Waals surface area contributed by atoms with Crippen LogP contribution in [0.2, 0.25) is 0 Å². The van der Waals surface area contributed by atoms with Gasteiger partial charge in [-0.25, -0.2) is 8.42 Å². The van der Waals surface area contributed by atoms with Crippen molar-refractivity contribution in [1.82, 2.24) is 8.97 Å². The van der Waals surface area contributed by atoms with Crippen LogP contribution in [0.3, 0.4) is 0 Å². The number of rotatable bonds is 4. The highest BCUT2D eigenvalue weighted by molar-refractivity contribution is 7.92. The van der Waals surface area contributed by atoms with Gasteiger partial charge in [0.05, 0.1) is 31.9 Å². The predicted octanol–water partition coefficient (Wildman–Crippen LogP) is 13.8. The minimum Gasteiger partial charge on any atom is -0.309 e. The first-order valence-corrected chi connectivity index (χ1v) is 21.8. The van der Waals surface area contributed by atoms with Gasteiger partial charge in [-0.2, -0.15) is 0 Å². The normalized spacial score (nSPS) is 13.4. The van der Waals surface area contributed by atoms with Gasteiger partial charge in [-0.1, -0.05) is 97.1 Å². The molecular formula is C52H30N2O2S2. The average Bonchev–Trinajstić information content (AvgIpc) is 4.07. The Morgan fingerprint density at radius 2 is 0.914 bits per heavy atom. The van der Waals surface area contributed by atoms with Crippen molar-refractivity contribution in [2.75, 3.05) is 0 Å². The maximum Gasteiger partial charge on any atom is 0.207 e. The highest BCUT2D eigenvalue weighted by Gasteiger charge is 2.33. The van der Waals surface area contributed by atoms with Crippen LogP contribution in [-0.4, -0.2) is 17.4 Å². The Hall–Kier alpha value is -6.99. The van der Waals surface area contributed by atoms with Crippen LogP contribution < -0.4 is 0 Å². The number of nitrogens with zero attached hydrogens (tertiary/aromatic N) is 2. The molecule has 0 bridgehead atoms. The quantitative estimate of drug-likeness (QED) is 0.179. The highest BCUT2D eigenvalue weighted by atomic mass is 32.2. The molecule has 4 nitrogen and oxygen atoms in total. The summed E-state index contributed by atoms with van der Waals surface area (Å²) in [5.74, 6) is 0. The van der Waals surface area contributed by atoms with E-state index in [4.69, 9.17) is 0 Å². The lowest BCUT2D eigenvalue weighted by Gasteiger charge is -2.11. The van der Waals surface area contributed by atoms with E-state index in [1.807, 2.05) is 12.1 Å². The Labute approximate surface area is 337 Å². The van der Waals surface area contributed by atoms with Gasteiger partial charge in [0, 0.05) is 49.1 Å². The van der Waals surface area contributed by atoms with E-state index >= 15 is 0 Å². The van der Waals surface area contributed by atoms with Crippen LogP contribution in [-0.2, 0) is 9.84 Å². The molecule has 0 amide bonds. The summed E-state index contributed by atoms with van der Waals surface area (Å²) < 4.78 is 32.7. The maximum absolute atomic E-state index is 14.0. The fourth-order valence-electron chi connectivity index (χ4n) is 9.69. The van der Waals surface area contributed by atoms with Crippen molar-refractivity contribution >= 4 is 80.4 Å². The Morgan fingerprint density at radius 3 is 1.57 bits per heavy atom. The Kier molecular flexibility index (Phi) is 6.40. The van der Waals surface area contributed by atoms with Gasteiger partial charge in [0.1, 0.15) is 4.83 Å². The first kappa shape index (κ1) is 32.1. The molecule has 5 heterocycles. The molecule has 13 rings (SSSR count). The summed E-state index contributed by atoms with van der Waals surface area (Å²) in [6.45, 7) is 0. The molecule has 0 radical (unpaired) electrons. The lowest BCUT2D eigenvalue weighted by atomic mass is 9.94. The van der Waals surface area contributed by atoms with Gasteiger partial charge >= 0.3 is 0 Å². The van der Waals surface area contributed by atoms with Crippen LogP contribution in [0.5, 0.6) is 0 Å². The molecule has 0 aliphatic carbocycles. The van der Waals surface area contributed by atoms with E-state index in [0.29, 0.717) is 9.79 Å². The molecule has 0 spiro atoms. The molecule has 0 saturated carbocycles. The van der Waals surface area contributed by atoms with Gasteiger partial charge in [0.2, 0.25) is 9.84 Å². The third-order valence-electron chi connectivity index (χ3n) is 12.3. The maximum atomic E-state index is 14.0. The lowest BCUT2D eigenvalue weighted by molar-refractivity contribution is 0.598. The zero-order valence-corrected chi connectivity index (χ0v) is 32.5. The molecule has 1 aliphatic heterocycles. The van der Waals surface area contributed by atoms with Crippen molar-refractivity contribution in [3.05, 3.63) is 181 Å². The monoisotopic (exact) mass is 778 g/mol. The molecule has 0 atom stereocenters. The van der Waals surface area contributed by atoms with Crippen LogP contribution in [0.15, 0.2) is 191 Å². The second-order valence-electron chi connectivity index (χ2n) is 15.3. The third-order valence-corrected chi connectivity index (χ3v) is 15.0. The molecule has 0 unspecified atom stereocenters. The summed E-state index contributed by atoms with van der Waals surface area (Å²) in [6.07, 6.45) is 0. The van der Waals surface area contributed by atoms with E-state index in [9.17, 15) is 8.42 Å². The molecule has 0 N–H and O–H groups in total. The van der Waals surface area contributed by atoms with E-state index in [1.165, 1.54) is 48.2 Å². The van der Waals surface area contributed by atoms with Crippen LogP contribution >= 0.6 is 11.3 Å². The standard InChI is InChI=1S/C52H30N2O2S2/c55-58(56)49-21-19-34(31-9-7-10-32(25-31)36-29-44-40-15-3-6-18-48(40)54-51(44)45(30-36)41-23-24-57-52(41)54)27-42(49)43-28-35(20-22-50(43)58)33-11-8-12-37(26-33)53-46-16-4-1-13-38(46)39-14-2-5-17-47(39)53/h1-30H. The fourth-order valence-corrected chi connectivity index (χ4v) is 12.3. The van der Waals surface area contributed by atoms with Crippen LogP contribution in [0.4, 0.5) is 0 Å². The third kappa shape index (κ3) is 4.30. The number of hydrogen-bond donors (Lipinski definition) is 0. The summed E-state index contributed by atoms with van der Waals surface area (Å²) in [4.78, 5) is 1.99. The molecule has 0 saturated heterocycles. The molecule has 272 valence electrons. The van der Waals surface area contributed by atoms with Crippen molar-refractivity contribution < 1.29 is 8.42 Å². The van der Waals surface area contributed by atoms with Crippen molar-refractivity contribution in [2.45, 2.75) is 9.79 Å². The second-order valence-corrected chi connectivity index (χ2v) is 18.1. The van der Waals surface area contributed by atoms with E-state index in [1.54, 1.807) is 23.5 Å². The Balaban J connectivity index is 0.921. The summed E-state index contributed by atoms with van der Waals surface area (Å²) in [5, 5.41) is 9.67. The molecule has 12 aromatic rings. The minimum atomic E-state index is -3.67. The number of hydrogen-bond acceptors (Lipinski definition) is 3. The van der Waals surface area contributed by atoms with Crippen LogP contribution in [0, 0.1) is 0 Å². The van der Waals surface area contributed by atoms with E-state index in [2.05, 4.69) is 166 Å². The second kappa shape index (κ2) is 11.5. The topological polar surface area (TPSA) is 43.5 Å². The first-order chi connectivity index (χ1) is 28.5. The zero-order chi connectivity index (χ0) is 38.3. The summed E-state index contributed by atoms with van der Waals surface area (Å²) in [7, 11) is -3.67. The van der Waals surface area contributed by atoms with Gasteiger partial charge in [-0.15, -0.1) is 11.3 Å². The van der Waals surface area contributed by atoms with E-state index < -0.39 is 9.84 Å². The predicted molar refractivity (Wildman–Crippen MR) is 241 cm³/mol. The molecule has 6 heteroatoms. The molecular weight excluding hydrogens is 749 g/mol. The number of sulfone groups is 1. The van der Waals surface area contributed by atoms with E-state index in [0.717, 1.165) is 61.2 Å². The van der Waals surface area contributed by atoms with Gasteiger partial charge in [-0.3, -0.25) is 4.40 Å². The van der Waals surface area contributed by atoms with E-state index in [-0.39, 0.29) is 0 Å². The SMILES string of the molecule is O=S1(=O)c2ccc(-c3cccc(-c4cc5c6ccccc6n6c7sccc7c(c4)c56)c3)cc2-c2cc(-c3cccc(-n4c5ccccc5c5ccccc54)c3)ccc21. The fraction of sp³-hybridized carbons (Fsp3) is 0. The Bertz CT molecular complexity index is 3770. The number of para-hydroxylation sites is 3. The highest BCUT2D eigenvalue weighted by Crippen LogP contribution is 2.47. The van der Waals surface area contributed by atoms with Crippen LogP contribution in [0.1, 0.15) is 0 Å². The van der Waals surface area contributed by atoms with Crippen molar-refractivity contribution in [1.29, 1.82) is 0 Å². The molecule has 4 aromatic heterocycles. The van der Waals surface area contributed by atoms with Crippen LogP contribution in [0.25, 0.3) is 109 Å². The summed E-state index contributed by atoms with van der Waals surface area (Å²) in [5.41, 5.74) is 13.6. The molecule has 8 aromatic carbocycles. The summed E-state index contributed by atoms with van der Waals surface area (Å²) in [6, 6.07) is 61.3. The summed E-state index contributed by atoms with van der Waals surface area (Å²) >= 11 is 1.79. The average molecular weight is 779 g/mol. The van der Waals surface area contributed by atoms with Gasteiger partial charge in [-0.05, 0) is 118 Å². The van der Waals surface area contributed by atoms with Gasteiger partial charge in [0.25, 0.3) is 0 Å². The smallest absolute Gasteiger partial charge is 0.207 e. The van der Waals surface area contributed by atoms with Crippen molar-refractivity contribution in [2.24, 2.45) is 0 Å². The number of aromatic nitrogens is 2. The van der Waals surface area contributed by atoms with Gasteiger partial charge < -0.3 is 4.57 Å². The van der Waals surface area contributed by atoms with Crippen molar-refractivity contribution in [3.8, 4) is 50.2 Å². The number of fused-ring (bicyclic) bond motifs is 12. The zero-order valence-electron chi connectivity index (χ0n) is 30.8. The number of thiophene rings is 1. The Morgan fingerprint density at radius 1 is 0.397 bits per heavy atom.